The average Bonchev–Trinajstić information content (AvgIpc) is 2.52. The van der Waals surface area contributed by atoms with Crippen LogP contribution >= 0.6 is 12.4 Å². The van der Waals surface area contributed by atoms with Crippen LogP contribution in [0.25, 0.3) is 0 Å². The SMILES string of the molecule is COc1cc(CNC(=O)C(CN)OC)cc(OC)c1OC.Cl. The quantitative estimate of drug-likeness (QED) is 0.728. The first-order valence-corrected chi connectivity index (χ1v) is 6.40. The molecule has 0 radical (unpaired) electrons. The highest BCUT2D eigenvalue weighted by molar-refractivity contribution is 5.85. The highest BCUT2D eigenvalue weighted by atomic mass is 35.5. The van der Waals surface area contributed by atoms with Crippen molar-refractivity contribution in [1.29, 1.82) is 0 Å². The highest BCUT2D eigenvalue weighted by Crippen LogP contribution is 2.38. The molecule has 1 amide bonds. The number of hydrogen-bond donors (Lipinski definition) is 2. The predicted molar refractivity (Wildman–Crippen MR) is 85.0 cm³/mol. The summed E-state index contributed by atoms with van der Waals surface area (Å²) in [6, 6.07) is 3.54. The number of methoxy groups -OCH3 is 4. The summed E-state index contributed by atoms with van der Waals surface area (Å²) >= 11 is 0. The van der Waals surface area contributed by atoms with E-state index in [-0.39, 0.29) is 24.9 Å². The third-order valence-electron chi connectivity index (χ3n) is 2.98. The van der Waals surface area contributed by atoms with Crippen LogP contribution in [0.4, 0.5) is 0 Å². The van der Waals surface area contributed by atoms with Gasteiger partial charge in [0.25, 0.3) is 5.91 Å². The van der Waals surface area contributed by atoms with E-state index in [4.69, 9.17) is 24.7 Å². The Hall–Kier alpha value is -1.70. The van der Waals surface area contributed by atoms with E-state index in [0.29, 0.717) is 23.8 Å². The van der Waals surface area contributed by atoms with Gasteiger partial charge in [-0.15, -0.1) is 12.4 Å². The fraction of sp³-hybridized carbons (Fsp3) is 0.500. The molecule has 0 spiro atoms. The number of carbonyl (C=O) groups is 1. The van der Waals surface area contributed by atoms with Gasteiger partial charge in [-0.2, -0.15) is 0 Å². The van der Waals surface area contributed by atoms with Crippen LogP contribution in [0.3, 0.4) is 0 Å². The zero-order valence-corrected chi connectivity index (χ0v) is 14.0. The van der Waals surface area contributed by atoms with E-state index in [1.54, 1.807) is 12.1 Å². The fourth-order valence-electron chi connectivity index (χ4n) is 1.85. The second kappa shape index (κ2) is 10.1. The molecular formula is C14H23ClN2O5. The molecule has 0 aliphatic heterocycles. The minimum absolute atomic E-state index is 0. The smallest absolute Gasteiger partial charge is 0.250 e. The van der Waals surface area contributed by atoms with E-state index < -0.39 is 6.10 Å². The van der Waals surface area contributed by atoms with Gasteiger partial charge < -0.3 is 30.0 Å². The Morgan fingerprint density at radius 1 is 1.14 bits per heavy atom. The van der Waals surface area contributed by atoms with Gasteiger partial charge in [0.2, 0.25) is 5.75 Å². The largest absolute Gasteiger partial charge is 0.493 e. The van der Waals surface area contributed by atoms with E-state index in [1.807, 2.05) is 0 Å². The normalized spacial score (nSPS) is 11.1. The topological polar surface area (TPSA) is 92.0 Å². The summed E-state index contributed by atoms with van der Waals surface area (Å²) in [4.78, 5) is 11.8. The summed E-state index contributed by atoms with van der Waals surface area (Å²) in [5.41, 5.74) is 6.25. The van der Waals surface area contributed by atoms with Crippen molar-refractivity contribution < 1.29 is 23.7 Å². The summed E-state index contributed by atoms with van der Waals surface area (Å²) in [6.45, 7) is 0.424. The molecular weight excluding hydrogens is 312 g/mol. The molecule has 0 saturated heterocycles. The van der Waals surface area contributed by atoms with Crippen molar-refractivity contribution in [2.75, 3.05) is 35.0 Å². The number of nitrogens with two attached hydrogens (primary N) is 1. The van der Waals surface area contributed by atoms with Crippen LogP contribution in [0.5, 0.6) is 17.2 Å². The zero-order valence-electron chi connectivity index (χ0n) is 13.2. The number of hydrogen-bond acceptors (Lipinski definition) is 6. The highest BCUT2D eigenvalue weighted by Gasteiger charge is 2.17. The molecule has 7 nitrogen and oxygen atoms in total. The summed E-state index contributed by atoms with van der Waals surface area (Å²) in [5, 5.41) is 2.75. The van der Waals surface area contributed by atoms with Crippen LogP contribution in [0, 0.1) is 0 Å². The van der Waals surface area contributed by atoms with E-state index in [0.717, 1.165) is 5.56 Å². The van der Waals surface area contributed by atoms with Crippen molar-refractivity contribution >= 4 is 18.3 Å². The van der Waals surface area contributed by atoms with E-state index in [1.165, 1.54) is 28.4 Å². The lowest BCUT2D eigenvalue weighted by Gasteiger charge is -2.16. The number of rotatable bonds is 8. The first-order valence-electron chi connectivity index (χ1n) is 6.40. The summed E-state index contributed by atoms with van der Waals surface area (Å²) in [7, 11) is 6.05. The Morgan fingerprint density at radius 2 is 1.68 bits per heavy atom. The van der Waals surface area contributed by atoms with E-state index >= 15 is 0 Å². The lowest BCUT2D eigenvalue weighted by atomic mass is 10.1. The lowest BCUT2D eigenvalue weighted by molar-refractivity contribution is -0.130. The third kappa shape index (κ3) is 4.94. The van der Waals surface area contributed by atoms with Crippen molar-refractivity contribution in [2.45, 2.75) is 12.6 Å². The Balaban J connectivity index is 0.00000441. The summed E-state index contributed by atoms with van der Waals surface area (Å²) in [5.74, 6) is 1.30. The van der Waals surface area contributed by atoms with Gasteiger partial charge in [0.05, 0.1) is 21.3 Å². The molecule has 8 heteroatoms. The van der Waals surface area contributed by atoms with Crippen LogP contribution in [-0.2, 0) is 16.1 Å². The van der Waals surface area contributed by atoms with Crippen LogP contribution in [0.1, 0.15) is 5.56 Å². The van der Waals surface area contributed by atoms with Crippen molar-refractivity contribution in [3.63, 3.8) is 0 Å². The first kappa shape index (κ1) is 20.3. The van der Waals surface area contributed by atoms with Crippen LogP contribution in [-0.4, -0.2) is 47.0 Å². The molecule has 1 unspecified atom stereocenters. The Kier molecular flexibility index (Phi) is 9.32. The van der Waals surface area contributed by atoms with E-state index in [9.17, 15) is 4.79 Å². The molecule has 0 saturated carbocycles. The van der Waals surface area contributed by atoms with Gasteiger partial charge in [-0.05, 0) is 17.7 Å². The van der Waals surface area contributed by atoms with Gasteiger partial charge >= 0.3 is 0 Å². The van der Waals surface area contributed by atoms with Crippen molar-refractivity contribution in [3.05, 3.63) is 17.7 Å². The molecule has 126 valence electrons. The van der Waals surface area contributed by atoms with Crippen molar-refractivity contribution in [1.82, 2.24) is 5.32 Å². The fourth-order valence-corrected chi connectivity index (χ4v) is 1.85. The molecule has 1 rings (SSSR count). The van der Waals surface area contributed by atoms with Crippen LogP contribution in [0.15, 0.2) is 12.1 Å². The maximum Gasteiger partial charge on any atom is 0.250 e. The molecule has 0 aromatic heterocycles. The first-order chi connectivity index (χ1) is 10.1. The number of ether oxygens (including phenoxy) is 4. The molecule has 1 atom stereocenters. The minimum atomic E-state index is -0.660. The minimum Gasteiger partial charge on any atom is -0.493 e. The average molecular weight is 335 g/mol. The van der Waals surface area contributed by atoms with Gasteiger partial charge in [-0.3, -0.25) is 4.79 Å². The maximum atomic E-state index is 11.8. The van der Waals surface area contributed by atoms with Gasteiger partial charge in [0.15, 0.2) is 11.5 Å². The monoisotopic (exact) mass is 334 g/mol. The molecule has 1 aromatic carbocycles. The molecule has 3 N–H and O–H groups in total. The zero-order chi connectivity index (χ0) is 15.8. The molecule has 0 fully saturated rings. The van der Waals surface area contributed by atoms with E-state index in [2.05, 4.69) is 5.32 Å². The molecule has 22 heavy (non-hydrogen) atoms. The standard InChI is InChI=1S/C14H22N2O5.ClH/c1-18-10-5-9(6-11(19-2)13(10)21-4)8-16-14(17)12(7-15)20-3;/h5-6,12H,7-8,15H2,1-4H3,(H,16,17);1H. The summed E-state index contributed by atoms with van der Waals surface area (Å²) in [6.07, 6.45) is -0.660. The van der Waals surface area contributed by atoms with Gasteiger partial charge in [-0.25, -0.2) is 0 Å². The number of halogens is 1. The predicted octanol–water partition coefficient (Wildman–Crippen LogP) is 0.724. The number of benzene rings is 1. The van der Waals surface area contributed by atoms with Crippen LogP contribution < -0.4 is 25.3 Å². The molecule has 1 aromatic rings. The summed E-state index contributed by atoms with van der Waals surface area (Å²) < 4.78 is 20.7. The molecule has 0 heterocycles. The number of nitrogens with one attached hydrogen (secondary N) is 1. The Morgan fingerprint density at radius 3 is 2.05 bits per heavy atom. The molecule has 0 aliphatic rings. The third-order valence-corrected chi connectivity index (χ3v) is 2.98. The Bertz CT molecular complexity index is 455. The van der Waals surface area contributed by atoms with Gasteiger partial charge in [0, 0.05) is 20.2 Å². The number of carbonyl (C=O) groups excluding carboxylic acids is 1. The Labute approximate surface area is 136 Å². The van der Waals surface area contributed by atoms with Crippen molar-refractivity contribution in [2.24, 2.45) is 5.73 Å². The molecule has 0 bridgehead atoms. The van der Waals surface area contributed by atoms with Gasteiger partial charge in [-0.1, -0.05) is 0 Å². The van der Waals surface area contributed by atoms with Crippen molar-refractivity contribution in [3.8, 4) is 17.2 Å². The number of amides is 1. The lowest BCUT2D eigenvalue weighted by Crippen LogP contribution is -2.40. The second-order valence-electron chi connectivity index (χ2n) is 4.21. The van der Waals surface area contributed by atoms with Gasteiger partial charge in [0.1, 0.15) is 6.10 Å². The molecule has 0 aliphatic carbocycles. The second-order valence-corrected chi connectivity index (χ2v) is 4.21. The maximum absolute atomic E-state index is 11.8. The van der Waals surface area contributed by atoms with Crippen LogP contribution in [0.2, 0.25) is 0 Å².